The minimum absolute atomic E-state index is 0.113. The van der Waals surface area contributed by atoms with Gasteiger partial charge in [-0.2, -0.15) is 0 Å². The van der Waals surface area contributed by atoms with Crippen LogP contribution >= 0.6 is 0 Å². The van der Waals surface area contributed by atoms with E-state index in [1.807, 2.05) is 4.90 Å². The zero-order valence-corrected chi connectivity index (χ0v) is 19.2. The van der Waals surface area contributed by atoms with Crippen LogP contribution in [-0.2, 0) is 4.79 Å². The largest absolute Gasteiger partial charge is 0.497 e. The van der Waals surface area contributed by atoms with Gasteiger partial charge in [-0.1, -0.05) is 6.07 Å². The molecule has 0 spiro atoms. The number of fused-ring (bicyclic) bond motifs is 1. The van der Waals surface area contributed by atoms with Crippen LogP contribution in [0.25, 0.3) is 0 Å². The van der Waals surface area contributed by atoms with Crippen LogP contribution in [0.3, 0.4) is 0 Å². The topological polar surface area (TPSA) is 89.5 Å². The molecule has 3 atom stereocenters. The maximum atomic E-state index is 13.7. The number of likely N-dealkylation sites (tertiary alicyclic amines) is 1. The third-order valence-corrected chi connectivity index (χ3v) is 5.96. The molecule has 8 nitrogen and oxygen atoms in total. The first kappa shape index (κ1) is 24.1. The molecule has 2 heterocycles. The molecule has 0 radical (unpaired) electrons. The number of aliphatic hydroxyl groups excluding tert-OH is 1. The normalized spacial score (nSPS) is 19.3. The average Bonchev–Trinajstić information content (AvgIpc) is 3.27. The summed E-state index contributed by atoms with van der Waals surface area (Å²) in [5.74, 6) is 2.28. The summed E-state index contributed by atoms with van der Waals surface area (Å²) in [6, 6.07) is 11.7. The first-order valence-corrected chi connectivity index (χ1v) is 11.5. The number of halogens is 1. The number of hydrogen-bond acceptors (Lipinski definition) is 7. The van der Waals surface area contributed by atoms with Crippen molar-refractivity contribution in [1.29, 1.82) is 0 Å². The number of alkyl halides is 1. The van der Waals surface area contributed by atoms with Gasteiger partial charge < -0.3 is 29.4 Å². The standard InChI is InChI=1S/C25H31FN2O6/c1-31-19-3-5-20(6-4-19)32-11-9-24(29)27-21(16-28-10-8-18(26)15-28)25(30)17-2-7-22-23(14-17)34-13-12-33-22/h2-7,14,18,21,25,30H,8-13,15-16H2,1H3,(H,27,29)/t18-,21+,25-/m1/s1. The minimum Gasteiger partial charge on any atom is -0.497 e. The molecule has 0 unspecified atom stereocenters. The highest BCUT2D eigenvalue weighted by Crippen LogP contribution is 2.33. The second kappa shape index (κ2) is 11.4. The number of amides is 1. The maximum Gasteiger partial charge on any atom is 0.223 e. The van der Waals surface area contributed by atoms with E-state index < -0.39 is 18.3 Å². The van der Waals surface area contributed by atoms with Crippen LogP contribution in [0, 0.1) is 0 Å². The lowest BCUT2D eigenvalue weighted by atomic mass is 10.0. The summed E-state index contributed by atoms with van der Waals surface area (Å²) in [7, 11) is 1.59. The van der Waals surface area contributed by atoms with Crippen molar-refractivity contribution in [3.63, 3.8) is 0 Å². The van der Waals surface area contributed by atoms with Crippen LogP contribution in [0.1, 0.15) is 24.5 Å². The molecule has 0 aliphatic carbocycles. The van der Waals surface area contributed by atoms with Gasteiger partial charge in [0.25, 0.3) is 0 Å². The van der Waals surface area contributed by atoms with Gasteiger partial charge in [-0.05, 0) is 48.4 Å². The van der Waals surface area contributed by atoms with Crippen molar-refractivity contribution >= 4 is 5.91 Å². The van der Waals surface area contributed by atoms with Crippen molar-refractivity contribution < 1.29 is 33.2 Å². The molecular formula is C25H31FN2O6. The van der Waals surface area contributed by atoms with Gasteiger partial charge in [-0.25, -0.2) is 4.39 Å². The Morgan fingerprint density at radius 3 is 2.62 bits per heavy atom. The lowest BCUT2D eigenvalue weighted by Crippen LogP contribution is -2.47. The van der Waals surface area contributed by atoms with Crippen molar-refractivity contribution in [2.45, 2.75) is 31.2 Å². The van der Waals surface area contributed by atoms with Crippen LogP contribution in [0.4, 0.5) is 4.39 Å². The predicted octanol–water partition coefficient (Wildman–Crippen LogP) is 2.50. The Labute approximate surface area is 198 Å². The molecular weight excluding hydrogens is 443 g/mol. The number of ether oxygens (including phenoxy) is 4. The van der Waals surface area contributed by atoms with E-state index in [2.05, 4.69) is 5.32 Å². The van der Waals surface area contributed by atoms with Crippen molar-refractivity contribution in [2.24, 2.45) is 0 Å². The molecule has 2 aliphatic heterocycles. The molecule has 1 saturated heterocycles. The molecule has 0 aromatic heterocycles. The number of carbonyl (C=O) groups excluding carboxylic acids is 1. The second-order valence-electron chi connectivity index (χ2n) is 8.44. The van der Waals surface area contributed by atoms with Crippen LogP contribution in [0.15, 0.2) is 42.5 Å². The van der Waals surface area contributed by atoms with E-state index in [0.29, 0.717) is 62.1 Å². The highest BCUT2D eigenvalue weighted by atomic mass is 19.1. The number of methoxy groups -OCH3 is 1. The lowest BCUT2D eigenvalue weighted by Gasteiger charge is -2.29. The quantitative estimate of drug-likeness (QED) is 0.547. The van der Waals surface area contributed by atoms with E-state index >= 15 is 0 Å². The summed E-state index contributed by atoms with van der Waals surface area (Å²) in [5, 5.41) is 14.1. The number of nitrogens with zero attached hydrogens (tertiary/aromatic N) is 1. The van der Waals surface area contributed by atoms with Gasteiger partial charge in [0.15, 0.2) is 11.5 Å². The molecule has 1 amide bonds. The van der Waals surface area contributed by atoms with Gasteiger partial charge in [-0.15, -0.1) is 0 Å². The van der Waals surface area contributed by atoms with Gasteiger partial charge in [0.2, 0.25) is 5.91 Å². The van der Waals surface area contributed by atoms with Crippen LogP contribution in [-0.4, -0.2) is 74.7 Å². The summed E-state index contributed by atoms with van der Waals surface area (Å²) >= 11 is 0. The SMILES string of the molecule is COc1ccc(OCCC(=O)N[C@@H](CN2CC[C@@H](F)C2)[C@H](O)c2ccc3c(c2)OCCO3)cc1. The molecule has 9 heteroatoms. The highest BCUT2D eigenvalue weighted by molar-refractivity contribution is 5.76. The van der Waals surface area contributed by atoms with Gasteiger partial charge in [0.1, 0.15) is 37.0 Å². The smallest absolute Gasteiger partial charge is 0.223 e. The van der Waals surface area contributed by atoms with E-state index in [4.69, 9.17) is 18.9 Å². The zero-order valence-electron chi connectivity index (χ0n) is 19.2. The number of nitrogens with one attached hydrogen (secondary N) is 1. The van der Waals surface area contributed by atoms with E-state index in [1.54, 1.807) is 49.6 Å². The molecule has 1 fully saturated rings. The number of benzene rings is 2. The third-order valence-electron chi connectivity index (χ3n) is 5.96. The van der Waals surface area contributed by atoms with E-state index in [-0.39, 0.29) is 18.9 Å². The van der Waals surface area contributed by atoms with Crippen LogP contribution in [0.5, 0.6) is 23.0 Å². The molecule has 34 heavy (non-hydrogen) atoms. The van der Waals surface area contributed by atoms with Crippen molar-refractivity contribution in [1.82, 2.24) is 10.2 Å². The zero-order chi connectivity index (χ0) is 23.9. The van der Waals surface area contributed by atoms with Gasteiger partial charge >= 0.3 is 0 Å². The molecule has 4 rings (SSSR count). The number of carbonyl (C=O) groups is 1. The maximum absolute atomic E-state index is 13.7. The summed E-state index contributed by atoms with van der Waals surface area (Å²) in [5.41, 5.74) is 0.597. The fraction of sp³-hybridized carbons (Fsp3) is 0.480. The molecule has 2 aromatic carbocycles. The van der Waals surface area contributed by atoms with Crippen LogP contribution in [0.2, 0.25) is 0 Å². The second-order valence-corrected chi connectivity index (χ2v) is 8.44. The van der Waals surface area contributed by atoms with E-state index in [1.165, 1.54) is 0 Å². The first-order chi connectivity index (χ1) is 16.5. The van der Waals surface area contributed by atoms with Gasteiger partial charge in [0.05, 0.1) is 26.2 Å². The predicted molar refractivity (Wildman–Crippen MR) is 123 cm³/mol. The van der Waals surface area contributed by atoms with Crippen LogP contribution < -0.4 is 24.3 Å². The summed E-state index contributed by atoms with van der Waals surface area (Å²) in [6.07, 6.45) is -1.32. The number of hydrogen-bond donors (Lipinski definition) is 2. The molecule has 2 aromatic rings. The Kier molecular flexibility index (Phi) is 8.08. The Morgan fingerprint density at radius 1 is 1.18 bits per heavy atom. The Balaban J connectivity index is 1.37. The Bertz CT molecular complexity index is 957. The summed E-state index contributed by atoms with van der Waals surface area (Å²) in [4.78, 5) is 14.6. The fourth-order valence-corrected chi connectivity index (χ4v) is 4.14. The van der Waals surface area contributed by atoms with E-state index in [9.17, 15) is 14.3 Å². The Hall–Kier alpha value is -3.04. The molecule has 0 bridgehead atoms. The number of rotatable bonds is 10. The first-order valence-electron chi connectivity index (χ1n) is 11.5. The highest BCUT2D eigenvalue weighted by Gasteiger charge is 2.30. The number of aliphatic hydroxyl groups is 1. The average molecular weight is 475 g/mol. The Morgan fingerprint density at radius 2 is 1.91 bits per heavy atom. The van der Waals surface area contributed by atoms with Crippen molar-refractivity contribution in [3.05, 3.63) is 48.0 Å². The minimum atomic E-state index is -0.999. The van der Waals surface area contributed by atoms with Gasteiger partial charge in [-0.3, -0.25) is 9.69 Å². The van der Waals surface area contributed by atoms with E-state index in [0.717, 1.165) is 5.75 Å². The fourth-order valence-electron chi connectivity index (χ4n) is 4.14. The monoisotopic (exact) mass is 474 g/mol. The molecule has 184 valence electrons. The van der Waals surface area contributed by atoms with Crippen molar-refractivity contribution in [2.75, 3.05) is 46.6 Å². The van der Waals surface area contributed by atoms with Crippen molar-refractivity contribution in [3.8, 4) is 23.0 Å². The van der Waals surface area contributed by atoms with Gasteiger partial charge in [0, 0.05) is 19.6 Å². The summed E-state index contributed by atoms with van der Waals surface area (Å²) in [6.45, 7) is 2.31. The molecule has 2 aliphatic rings. The lowest BCUT2D eigenvalue weighted by molar-refractivity contribution is -0.123. The molecule has 2 N–H and O–H groups in total. The third kappa shape index (κ3) is 6.30. The molecule has 0 saturated carbocycles. The summed E-state index contributed by atoms with van der Waals surface area (Å²) < 4.78 is 35.7.